The Labute approximate surface area is 133 Å². The second-order valence-corrected chi connectivity index (χ2v) is 4.99. The lowest BCUT2D eigenvalue weighted by molar-refractivity contribution is -0.260. The first kappa shape index (κ1) is 18.5. The van der Waals surface area contributed by atoms with Gasteiger partial charge in [-0.15, -0.1) is 11.6 Å². The maximum absolute atomic E-state index is 12.9. The maximum atomic E-state index is 12.9. The van der Waals surface area contributed by atoms with E-state index in [9.17, 15) is 27.9 Å². The number of hydrogen-bond donors (Lipinski definition) is 2. The van der Waals surface area contributed by atoms with Gasteiger partial charge in [-0.2, -0.15) is 13.2 Å². The van der Waals surface area contributed by atoms with E-state index < -0.39 is 29.0 Å². The number of esters is 1. The molecular weight excluding hydrogens is 350 g/mol. The van der Waals surface area contributed by atoms with Gasteiger partial charge in [-0.25, -0.2) is 4.79 Å². The van der Waals surface area contributed by atoms with Gasteiger partial charge in [-0.05, 0) is 18.2 Å². The van der Waals surface area contributed by atoms with E-state index in [2.05, 4.69) is 4.74 Å². The molecule has 1 aromatic carbocycles. The largest absolute Gasteiger partial charge is 0.467 e. The Morgan fingerprint density at radius 2 is 1.95 bits per heavy atom. The lowest BCUT2D eigenvalue weighted by Gasteiger charge is -2.30. The monoisotopic (exact) mass is 359 g/mol. The van der Waals surface area contributed by atoms with Crippen LogP contribution in [0.4, 0.5) is 18.9 Å². The number of carbonyl (C=O) groups excluding carboxylic acids is 2. The van der Waals surface area contributed by atoms with Crippen LogP contribution < -0.4 is 5.32 Å². The number of nitrogens with one attached hydrogen (secondary N) is 1. The zero-order valence-corrected chi connectivity index (χ0v) is 12.5. The summed E-state index contributed by atoms with van der Waals surface area (Å²) < 4.78 is 42.6. The number of benzene rings is 1. The van der Waals surface area contributed by atoms with Crippen LogP contribution in [0.15, 0.2) is 24.3 Å². The Hall–Kier alpha value is -1.51. The van der Waals surface area contributed by atoms with E-state index in [1.54, 1.807) is 0 Å². The van der Waals surface area contributed by atoms with Gasteiger partial charge in [-0.3, -0.25) is 4.79 Å². The third-order valence-corrected chi connectivity index (χ3v) is 3.37. The highest BCUT2D eigenvalue weighted by Gasteiger charge is 2.67. The van der Waals surface area contributed by atoms with Crippen molar-refractivity contribution in [3.8, 4) is 0 Å². The van der Waals surface area contributed by atoms with Crippen molar-refractivity contribution in [3.63, 3.8) is 0 Å². The molecule has 1 rings (SSSR count). The molecule has 22 heavy (non-hydrogen) atoms. The summed E-state index contributed by atoms with van der Waals surface area (Å²) in [6, 6.07) is 5.47. The molecule has 0 radical (unpaired) electrons. The number of anilines is 1. The van der Waals surface area contributed by atoms with Crippen LogP contribution in [0.3, 0.4) is 0 Å². The highest BCUT2D eigenvalue weighted by molar-refractivity contribution is 6.35. The SMILES string of the molecule is COC(=O)[C@@](O)([C@@H](Cl)C(=O)Nc1cccc(Cl)c1)C(F)(F)F. The van der Waals surface area contributed by atoms with Gasteiger partial charge in [0.15, 0.2) is 5.38 Å². The quantitative estimate of drug-likeness (QED) is 0.639. The van der Waals surface area contributed by atoms with Gasteiger partial charge in [0.1, 0.15) is 0 Å². The molecule has 0 saturated carbocycles. The topological polar surface area (TPSA) is 75.6 Å². The number of ether oxygens (including phenoxy) is 1. The molecule has 0 aliphatic carbocycles. The zero-order chi connectivity index (χ0) is 17.1. The molecule has 0 fully saturated rings. The minimum atomic E-state index is -5.52. The number of carbonyl (C=O) groups is 2. The molecule has 0 spiro atoms. The Bertz CT molecular complexity index is 582. The summed E-state index contributed by atoms with van der Waals surface area (Å²) in [6.45, 7) is 0. The first-order chi connectivity index (χ1) is 10.0. The summed E-state index contributed by atoms with van der Waals surface area (Å²) in [4.78, 5) is 23.0. The summed E-state index contributed by atoms with van der Waals surface area (Å²) in [5.41, 5.74) is -4.15. The van der Waals surface area contributed by atoms with Gasteiger partial charge in [0, 0.05) is 10.7 Å². The first-order valence-corrected chi connectivity index (χ1v) is 6.43. The zero-order valence-electron chi connectivity index (χ0n) is 10.9. The molecule has 0 bridgehead atoms. The Balaban J connectivity index is 3.07. The van der Waals surface area contributed by atoms with Crippen LogP contribution in [0.1, 0.15) is 0 Å². The fraction of sp³-hybridized carbons (Fsp3) is 0.333. The van der Waals surface area contributed by atoms with Crippen LogP contribution >= 0.6 is 23.2 Å². The molecule has 1 amide bonds. The third kappa shape index (κ3) is 3.63. The summed E-state index contributed by atoms with van der Waals surface area (Å²) >= 11 is 11.0. The normalized spacial score (nSPS) is 15.6. The number of alkyl halides is 4. The third-order valence-electron chi connectivity index (χ3n) is 2.62. The number of hydrogen-bond acceptors (Lipinski definition) is 4. The van der Waals surface area contributed by atoms with E-state index in [0.29, 0.717) is 7.11 Å². The highest BCUT2D eigenvalue weighted by atomic mass is 35.5. The van der Waals surface area contributed by atoms with Gasteiger partial charge < -0.3 is 15.2 Å². The van der Waals surface area contributed by atoms with Gasteiger partial charge in [0.25, 0.3) is 5.60 Å². The number of aliphatic hydroxyl groups is 1. The molecule has 1 aromatic rings. The second kappa shape index (κ2) is 6.72. The molecule has 0 aliphatic heterocycles. The molecule has 10 heteroatoms. The fourth-order valence-corrected chi connectivity index (χ4v) is 1.94. The first-order valence-electron chi connectivity index (χ1n) is 5.62. The highest BCUT2D eigenvalue weighted by Crippen LogP contribution is 2.37. The summed E-state index contributed by atoms with van der Waals surface area (Å²) in [6.07, 6.45) is -5.52. The van der Waals surface area contributed by atoms with E-state index in [1.807, 2.05) is 5.32 Å². The molecule has 2 atom stereocenters. The predicted molar refractivity (Wildman–Crippen MR) is 72.7 cm³/mol. The summed E-state index contributed by atoms with van der Waals surface area (Å²) in [5.74, 6) is -3.55. The van der Waals surface area contributed by atoms with E-state index in [1.165, 1.54) is 24.3 Å². The summed E-state index contributed by atoms with van der Waals surface area (Å²) in [5, 5.41) is 9.13. The molecule has 0 aromatic heterocycles. The lowest BCUT2D eigenvalue weighted by atomic mass is 9.98. The van der Waals surface area contributed by atoms with Crippen molar-refractivity contribution >= 4 is 40.8 Å². The molecule has 122 valence electrons. The van der Waals surface area contributed by atoms with Crippen LogP contribution in [-0.4, -0.2) is 41.2 Å². The van der Waals surface area contributed by atoms with Crippen molar-refractivity contribution in [2.75, 3.05) is 12.4 Å². The molecule has 0 saturated heterocycles. The molecule has 0 heterocycles. The van der Waals surface area contributed by atoms with E-state index in [0.717, 1.165) is 0 Å². The van der Waals surface area contributed by atoms with Gasteiger partial charge in [0.05, 0.1) is 7.11 Å². The number of halogens is 5. The molecule has 2 N–H and O–H groups in total. The van der Waals surface area contributed by atoms with Crippen molar-refractivity contribution in [1.82, 2.24) is 0 Å². The van der Waals surface area contributed by atoms with Crippen LogP contribution in [0.2, 0.25) is 5.02 Å². The second-order valence-electron chi connectivity index (χ2n) is 4.12. The maximum Gasteiger partial charge on any atom is 0.430 e. The lowest BCUT2D eigenvalue weighted by Crippen LogP contribution is -2.62. The molecular formula is C12H10Cl2F3NO4. The average Bonchev–Trinajstić information content (AvgIpc) is 2.43. The number of rotatable bonds is 4. The Kier molecular flexibility index (Phi) is 5.66. The van der Waals surface area contributed by atoms with Gasteiger partial charge >= 0.3 is 12.1 Å². The van der Waals surface area contributed by atoms with Crippen molar-refractivity contribution in [2.45, 2.75) is 17.2 Å². The predicted octanol–water partition coefficient (Wildman–Crippen LogP) is 2.35. The van der Waals surface area contributed by atoms with Gasteiger partial charge in [-0.1, -0.05) is 17.7 Å². The molecule has 5 nitrogen and oxygen atoms in total. The minimum absolute atomic E-state index is 0.0394. The smallest absolute Gasteiger partial charge is 0.430 e. The summed E-state index contributed by atoms with van der Waals surface area (Å²) in [7, 11) is 0.623. The number of amides is 1. The van der Waals surface area contributed by atoms with Crippen LogP contribution in [-0.2, 0) is 14.3 Å². The molecule has 0 unspecified atom stereocenters. The van der Waals surface area contributed by atoms with E-state index in [4.69, 9.17) is 23.2 Å². The van der Waals surface area contributed by atoms with E-state index >= 15 is 0 Å². The Morgan fingerprint density at radius 3 is 2.41 bits per heavy atom. The minimum Gasteiger partial charge on any atom is -0.467 e. The Morgan fingerprint density at radius 1 is 1.36 bits per heavy atom. The number of methoxy groups -OCH3 is 1. The van der Waals surface area contributed by atoms with Gasteiger partial charge in [0.2, 0.25) is 5.91 Å². The van der Waals surface area contributed by atoms with Crippen molar-refractivity contribution < 1.29 is 32.6 Å². The fourth-order valence-electron chi connectivity index (χ4n) is 1.48. The van der Waals surface area contributed by atoms with Crippen LogP contribution in [0.5, 0.6) is 0 Å². The van der Waals surface area contributed by atoms with Crippen LogP contribution in [0.25, 0.3) is 0 Å². The molecule has 0 aliphatic rings. The van der Waals surface area contributed by atoms with Crippen LogP contribution in [0, 0.1) is 0 Å². The standard InChI is InChI=1S/C12H10Cl2F3NO4/c1-22-10(20)11(21,12(15,16)17)8(14)9(19)18-7-4-2-3-6(13)5-7/h2-5,8,21H,1H3,(H,18,19)/t8-,11-/m0/s1. The van der Waals surface area contributed by atoms with E-state index in [-0.39, 0.29) is 10.7 Å². The average molecular weight is 360 g/mol. The van der Waals surface area contributed by atoms with Crippen molar-refractivity contribution in [3.05, 3.63) is 29.3 Å². The van der Waals surface area contributed by atoms with Crippen molar-refractivity contribution in [1.29, 1.82) is 0 Å². The van der Waals surface area contributed by atoms with Crippen molar-refractivity contribution in [2.24, 2.45) is 0 Å².